The van der Waals surface area contributed by atoms with E-state index >= 15 is 0 Å². The number of alkyl halides is 2. The fourth-order valence-corrected chi connectivity index (χ4v) is 6.42. The smallest absolute Gasteiger partial charge is 0.326 e. The monoisotopic (exact) mass is 608 g/mol. The Bertz CT molecular complexity index is 1460. The van der Waals surface area contributed by atoms with Gasteiger partial charge in [0.25, 0.3) is 6.43 Å². The molecule has 3 aromatic rings. The Labute approximate surface area is 243 Å². The van der Waals surface area contributed by atoms with Crippen LogP contribution in [0.5, 0.6) is 5.88 Å². The summed E-state index contributed by atoms with van der Waals surface area (Å²) < 4.78 is 45.4. The van der Waals surface area contributed by atoms with E-state index in [9.17, 15) is 18.7 Å². The lowest BCUT2D eigenvalue weighted by molar-refractivity contribution is -0.228. The maximum Gasteiger partial charge on any atom is 0.326 e. The number of hydrogen-bond donors (Lipinski definition) is 1. The standard InChI is InChI=1S/C26H27ClF2N6O5S/c1-13-21(41-12-31-13)17-7-20(33-23(32-17)22(28)29)35-9-16(6-19(35)25(36)37)40-24-18(5-15(27)8-30-24)34-3-4-39-26(14(34)2)10-38-11-26/h5,7-8,12,14,16,19,22H,3-4,6,9-11H2,1-2H3,(H,36,37)/t14-,16-,19-/m0/s1. The molecule has 0 radical (unpaired) electrons. The summed E-state index contributed by atoms with van der Waals surface area (Å²) >= 11 is 7.59. The molecule has 1 spiro atoms. The van der Waals surface area contributed by atoms with E-state index in [4.69, 9.17) is 25.8 Å². The van der Waals surface area contributed by atoms with Crippen molar-refractivity contribution in [3.63, 3.8) is 0 Å². The van der Waals surface area contributed by atoms with Gasteiger partial charge in [-0.3, -0.25) is 0 Å². The average Bonchev–Trinajstić information content (AvgIpc) is 3.55. The van der Waals surface area contributed by atoms with E-state index in [1.807, 2.05) is 6.92 Å². The number of carboxylic acid groups (broad SMARTS) is 1. The molecule has 0 aliphatic carbocycles. The zero-order valence-corrected chi connectivity index (χ0v) is 23.7. The van der Waals surface area contributed by atoms with Crippen LogP contribution in [0, 0.1) is 6.92 Å². The van der Waals surface area contributed by atoms with Crippen LogP contribution in [0.15, 0.2) is 23.8 Å². The van der Waals surface area contributed by atoms with Crippen molar-refractivity contribution in [2.75, 3.05) is 42.7 Å². The largest absolute Gasteiger partial charge is 0.480 e. The van der Waals surface area contributed by atoms with Gasteiger partial charge in [0.05, 0.1) is 59.2 Å². The molecule has 3 aliphatic heterocycles. The van der Waals surface area contributed by atoms with Crippen molar-refractivity contribution >= 4 is 40.4 Å². The third-order valence-corrected chi connectivity index (χ3v) is 8.93. The first kappa shape index (κ1) is 27.9. The molecule has 41 heavy (non-hydrogen) atoms. The zero-order chi connectivity index (χ0) is 28.9. The molecular formula is C26H27ClF2N6O5S. The first-order chi connectivity index (χ1) is 19.6. The molecule has 6 rings (SSSR count). The molecule has 11 nitrogen and oxygen atoms in total. The predicted octanol–water partition coefficient (Wildman–Crippen LogP) is 4.00. The van der Waals surface area contributed by atoms with Crippen molar-refractivity contribution in [3.8, 4) is 16.5 Å². The second-order valence-electron chi connectivity index (χ2n) is 10.3. The number of halogens is 3. The summed E-state index contributed by atoms with van der Waals surface area (Å²) in [5.41, 5.74) is 2.72. The quantitative estimate of drug-likeness (QED) is 0.419. The maximum absolute atomic E-state index is 13.8. The van der Waals surface area contributed by atoms with Crippen molar-refractivity contribution in [2.45, 2.75) is 50.5 Å². The fraction of sp³-hybridized carbons (Fsp3) is 0.500. The van der Waals surface area contributed by atoms with Crippen LogP contribution in [-0.2, 0) is 14.3 Å². The third-order valence-electron chi connectivity index (χ3n) is 7.78. The lowest BCUT2D eigenvalue weighted by Gasteiger charge is -2.53. The summed E-state index contributed by atoms with van der Waals surface area (Å²) in [6, 6.07) is 2.17. The normalized spacial score (nSPS) is 23.7. The Morgan fingerprint density at radius 2 is 2.07 bits per heavy atom. The number of aryl methyl sites for hydroxylation is 1. The van der Waals surface area contributed by atoms with E-state index in [2.05, 4.69) is 24.8 Å². The molecule has 0 aromatic carbocycles. The lowest BCUT2D eigenvalue weighted by atomic mass is 9.90. The third kappa shape index (κ3) is 5.17. The van der Waals surface area contributed by atoms with Gasteiger partial charge in [-0.25, -0.2) is 33.5 Å². The van der Waals surface area contributed by atoms with E-state index in [1.54, 1.807) is 18.5 Å². The second-order valence-corrected chi connectivity index (χ2v) is 11.6. The van der Waals surface area contributed by atoms with Crippen molar-refractivity contribution < 1.29 is 32.9 Å². The molecule has 6 heterocycles. The van der Waals surface area contributed by atoms with Crippen LogP contribution in [0.3, 0.4) is 0 Å². The Hall–Kier alpha value is -3.20. The van der Waals surface area contributed by atoms with Crippen LogP contribution < -0.4 is 14.5 Å². The van der Waals surface area contributed by atoms with Crippen LogP contribution in [0.1, 0.15) is 31.3 Å². The Kier molecular flexibility index (Phi) is 7.42. The van der Waals surface area contributed by atoms with Crippen molar-refractivity contribution in [1.82, 2.24) is 19.9 Å². The molecule has 0 amide bonds. The molecule has 3 fully saturated rings. The first-order valence-corrected chi connectivity index (χ1v) is 14.3. The van der Waals surface area contributed by atoms with Gasteiger partial charge < -0.3 is 29.1 Å². The van der Waals surface area contributed by atoms with E-state index in [0.717, 1.165) is 0 Å². The highest BCUT2D eigenvalue weighted by atomic mass is 35.5. The zero-order valence-electron chi connectivity index (χ0n) is 22.2. The van der Waals surface area contributed by atoms with E-state index in [-0.39, 0.29) is 30.5 Å². The summed E-state index contributed by atoms with van der Waals surface area (Å²) in [6.45, 7) is 5.90. The summed E-state index contributed by atoms with van der Waals surface area (Å²) in [5.74, 6) is -1.43. The number of rotatable bonds is 7. The number of aromatic nitrogens is 4. The average molecular weight is 609 g/mol. The first-order valence-electron chi connectivity index (χ1n) is 13.0. The minimum atomic E-state index is -2.94. The molecule has 0 unspecified atom stereocenters. The number of aliphatic carboxylic acids is 1. The maximum atomic E-state index is 13.8. The van der Waals surface area contributed by atoms with Gasteiger partial charge in [0.2, 0.25) is 5.88 Å². The van der Waals surface area contributed by atoms with Gasteiger partial charge in [0.1, 0.15) is 29.3 Å². The summed E-state index contributed by atoms with van der Waals surface area (Å²) in [7, 11) is 0. The van der Waals surface area contributed by atoms with Gasteiger partial charge in [0.15, 0.2) is 5.82 Å². The predicted molar refractivity (Wildman–Crippen MR) is 146 cm³/mol. The molecule has 0 saturated carbocycles. The van der Waals surface area contributed by atoms with Crippen molar-refractivity contribution in [2.24, 2.45) is 0 Å². The summed E-state index contributed by atoms with van der Waals surface area (Å²) in [4.78, 5) is 33.2. The highest BCUT2D eigenvalue weighted by molar-refractivity contribution is 7.13. The van der Waals surface area contributed by atoms with Crippen LogP contribution >= 0.6 is 22.9 Å². The van der Waals surface area contributed by atoms with E-state index < -0.39 is 36.0 Å². The van der Waals surface area contributed by atoms with E-state index in [1.165, 1.54) is 28.5 Å². The minimum Gasteiger partial charge on any atom is -0.480 e. The molecule has 15 heteroatoms. The van der Waals surface area contributed by atoms with Crippen molar-refractivity contribution in [1.29, 1.82) is 0 Å². The van der Waals surface area contributed by atoms with Gasteiger partial charge >= 0.3 is 5.97 Å². The van der Waals surface area contributed by atoms with Crippen LogP contribution in [0.25, 0.3) is 10.6 Å². The van der Waals surface area contributed by atoms with Gasteiger partial charge in [-0.05, 0) is 19.9 Å². The second kappa shape index (κ2) is 10.9. The molecule has 218 valence electrons. The van der Waals surface area contributed by atoms with E-state index in [0.29, 0.717) is 53.5 Å². The van der Waals surface area contributed by atoms with Crippen LogP contribution in [0.2, 0.25) is 5.02 Å². The number of anilines is 2. The molecule has 1 N–H and O–H groups in total. The molecule has 3 aliphatic rings. The highest BCUT2D eigenvalue weighted by Gasteiger charge is 2.50. The number of thiazole rings is 1. The number of pyridine rings is 1. The molecule has 3 atom stereocenters. The fourth-order valence-electron chi connectivity index (χ4n) is 5.50. The Morgan fingerprint density at radius 1 is 1.27 bits per heavy atom. The number of hydrogen-bond acceptors (Lipinski definition) is 11. The SMILES string of the molecule is Cc1ncsc1-c1cc(N2C[C@@H](Oc3ncc(Cl)cc3N3CCOC4(COC4)[C@@H]3C)C[C@H]2C(=O)O)nc(C(F)F)n1. The van der Waals surface area contributed by atoms with Gasteiger partial charge in [0, 0.05) is 25.2 Å². The molecule has 3 aromatic heterocycles. The van der Waals surface area contributed by atoms with Crippen LogP contribution in [0.4, 0.5) is 20.3 Å². The summed E-state index contributed by atoms with van der Waals surface area (Å²) in [5, 5.41) is 10.5. The van der Waals surface area contributed by atoms with Gasteiger partial charge in [-0.15, -0.1) is 11.3 Å². The minimum absolute atomic E-state index is 0.0538. The topological polar surface area (TPSA) is 123 Å². The number of ether oxygens (including phenoxy) is 3. The van der Waals surface area contributed by atoms with Gasteiger partial charge in [-0.1, -0.05) is 11.6 Å². The van der Waals surface area contributed by atoms with Crippen molar-refractivity contribution in [3.05, 3.63) is 40.4 Å². The number of carboxylic acids is 1. The Morgan fingerprint density at radius 3 is 2.73 bits per heavy atom. The van der Waals surface area contributed by atoms with Gasteiger partial charge in [-0.2, -0.15) is 0 Å². The number of nitrogens with zero attached hydrogens (tertiary/aromatic N) is 6. The Balaban J connectivity index is 1.30. The number of carbonyl (C=O) groups is 1. The molecular weight excluding hydrogens is 582 g/mol. The van der Waals surface area contributed by atoms with Crippen LogP contribution in [-0.4, -0.2) is 87.7 Å². The number of morpholine rings is 1. The summed E-state index contributed by atoms with van der Waals surface area (Å²) in [6.07, 6.45) is -2.02. The molecule has 3 saturated heterocycles. The molecule has 0 bridgehead atoms. The highest BCUT2D eigenvalue weighted by Crippen LogP contribution is 2.40. The lowest BCUT2D eigenvalue weighted by Crippen LogP contribution is -2.68.